The summed E-state index contributed by atoms with van der Waals surface area (Å²) in [7, 11) is 0. The second-order valence-corrected chi connectivity index (χ2v) is 5.42. The van der Waals surface area contributed by atoms with Crippen molar-refractivity contribution in [3.8, 4) is 0 Å². The standard InChI is InChI=1S/C13H23N3O/c1-3-16-9-15-7-11(16)12(17)13(8-14)5-4-10(2)6-13/h7,9-10,12,17H,3-6,8,14H2,1-2H3. The van der Waals surface area contributed by atoms with Crippen molar-refractivity contribution in [1.82, 2.24) is 9.55 Å². The molecule has 4 heteroatoms. The lowest BCUT2D eigenvalue weighted by molar-refractivity contribution is 0.0248. The summed E-state index contributed by atoms with van der Waals surface area (Å²) in [4.78, 5) is 4.13. The van der Waals surface area contributed by atoms with Crippen molar-refractivity contribution in [2.45, 2.75) is 45.8 Å². The van der Waals surface area contributed by atoms with Gasteiger partial charge in [-0.15, -0.1) is 0 Å². The molecular formula is C13H23N3O. The zero-order chi connectivity index (χ0) is 12.5. The van der Waals surface area contributed by atoms with Crippen LogP contribution >= 0.6 is 0 Å². The number of hydrogen-bond donors (Lipinski definition) is 2. The summed E-state index contributed by atoms with van der Waals surface area (Å²) >= 11 is 0. The molecule has 2 rings (SSSR count). The van der Waals surface area contributed by atoms with Crippen LogP contribution in [0.15, 0.2) is 12.5 Å². The second-order valence-electron chi connectivity index (χ2n) is 5.42. The van der Waals surface area contributed by atoms with Crippen LogP contribution in [0.2, 0.25) is 0 Å². The number of nitrogens with zero attached hydrogens (tertiary/aromatic N) is 2. The van der Waals surface area contributed by atoms with Gasteiger partial charge in [0.25, 0.3) is 0 Å². The topological polar surface area (TPSA) is 64.1 Å². The van der Waals surface area contributed by atoms with E-state index in [1.165, 1.54) is 0 Å². The van der Waals surface area contributed by atoms with Crippen LogP contribution in [0, 0.1) is 11.3 Å². The summed E-state index contributed by atoms with van der Waals surface area (Å²) < 4.78 is 2.01. The maximum atomic E-state index is 10.6. The highest BCUT2D eigenvalue weighted by Gasteiger charge is 2.43. The first-order valence-electron chi connectivity index (χ1n) is 6.51. The molecule has 3 atom stereocenters. The van der Waals surface area contributed by atoms with Gasteiger partial charge in [-0.3, -0.25) is 0 Å². The molecule has 4 nitrogen and oxygen atoms in total. The fraction of sp³-hybridized carbons (Fsp3) is 0.769. The average Bonchev–Trinajstić information content (AvgIpc) is 2.94. The Morgan fingerprint density at radius 2 is 2.47 bits per heavy atom. The molecule has 1 aromatic heterocycles. The van der Waals surface area contributed by atoms with Gasteiger partial charge in [0.2, 0.25) is 0 Å². The number of imidazole rings is 1. The van der Waals surface area contributed by atoms with Crippen LogP contribution in [-0.4, -0.2) is 21.2 Å². The van der Waals surface area contributed by atoms with Gasteiger partial charge in [-0.1, -0.05) is 13.3 Å². The SMILES string of the molecule is CCn1cncc1C(O)C1(CN)CCC(C)C1. The molecule has 3 N–H and O–H groups in total. The molecular weight excluding hydrogens is 214 g/mol. The zero-order valence-corrected chi connectivity index (χ0v) is 10.8. The Balaban J connectivity index is 2.26. The predicted molar refractivity (Wildman–Crippen MR) is 67.4 cm³/mol. The first kappa shape index (κ1) is 12.6. The Hall–Kier alpha value is -0.870. The van der Waals surface area contributed by atoms with Crippen LogP contribution < -0.4 is 5.73 Å². The van der Waals surface area contributed by atoms with E-state index in [9.17, 15) is 5.11 Å². The van der Waals surface area contributed by atoms with E-state index in [0.717, 1.165) is 31.5 Å². The van der Waals surface area contributed by atoms with Gasteiger partial charge in [-0.2, -0.15) is 0 Å². The Morgan fingerprint density at radius 3 is 3.00 bits per heavy atom. The van der Waals surface area contributed by atoms with Gasteiger partial charge in [0.05, 0.1) is 18.2 Å². The molecule has 96 valence electrons. The summed E-state index contributed by atoms with van der Waals surface area (Å²) in [5, 5.41) is 10.6. The van der Waals surface area contributed by atoms with Crippen LogP contribution in [0.5, 0.6) is 0 Å². The third kappa shape index (κ3) is 2.11. The summed E-state index contributed by atoms with van der Waals surface area (Å²) in [6.07, 6.45) is 6.25. The van der Waals surface area contributed by atoms with Crippen LogP contribution in [0.4, 0.5) is 0 Å². The second kappa shape index (κ2) is 4.78. The minimum atomic E-state index is -0.486. The number of aliphatic hydroxyl groups excluding tert-OH is 1. The lowest BCUT2D eigenvalue weighted by Gasteiger charge is -2.33. The van der Waals surface area contributed by atoms with E-state index < -0.39 is 6.10 Å². The number of hydrogen-bond acceptors (Lipinski definition) is 3. The van der Waals surface area contributed by atoms with E-state index in [1.54, 1.807) is 12.5 Å². The first-order chi connectivity index (χ1) is 8.13. The molecule has 0 saturated heterocycles. The molecule has 3 unspecified atom stereocenters. The Morgan fingerprint density at radius 1 is 1.71 bits per heavy atom. The van der Waals surface area contributed by atoms with Crippen LogP contribution in [-0.2, 0) is 6.54 Å². The summed E-state index contributed by atoms with van der Waals surface area (Å²) in [6.45, 7) is 5.68. The van der Waals surface area contributed by atoms with E-state index in [0.29, 0.717) is 12.5 Å². The van der Waals surface area contributed by atoms with Crippen molar-refractivity contribution in [3.05, 3.63) is 18.2 Å². The highest BCUT2D eigenvalue weighted by molar-refractivity contribution is 5.10. The van der Waals surface area contributed by atoms with Crippen molar-refractivity contribution in [2.75, 3.05) is 6.54 Å². The molecule has 1 aromatic rings. The van der Waals surface area contributed by atoms with E-state index in [1.807, 2.05) is 4.57 Å². The lowest BCUT2D eigenvalue weighted by Crippen LogP contribution is -2.35. The molecule has 1 aliphatic carbocycles. The summed E-state index contributed by atoms with van der Waals surface area (Å²) in [6, 6.07) is 0. The first-order valence-corrected chi connectivity index (χ1v) is 6.51. The Kier molecular flexibility index (Phi) is 3.54. The van der Waals surface area contributed by atoms with Gasteiger partial charge in [-0.25, -0.2) is 4.98 Å². The molecule has 0 spiro atoms. The molecule has 0 bridgehead atoms. The lowest BCUT2D eigenvalue weighted by atomic mass is 9.78. The Labute approximate surface area is 103 Å². The number of aliphatic hydroxyl groups is 1. The van der Waals surface area contributed by atoms with Crippen molar-refractivity contribution in [2.24, 2.45) is 17.1 Å². The van der Waals surface area contributed by atoms with E-state index >= 15 is 0 Å². The average molecular weight is 237 g/mol. The summed E-state index contributed by atoms with van der Waals surface area (Å²) in [5.74, 6) is 0.659. The quantitative estimate of drug-likeness (QED) is 0.837. The zero-order valence-electron chi connectivity index (χ0n) is 10.8. The number of nitrogens with two attached hydrogens (primary N) is 1. The maximum absolute atomic E-state index is 10.6. The molecule has 1 fully saturated rings. The fourth-order valence-corrected chi connectivity index (χ4v) is 3.11. The van der Waals surface area contributed by atoms with Gasteiger partial charge >= 0.3 is 0 Å². The van der Waals surface area contributed by atoms with Crippen LogP contribution in [0.1, 0.15) is 44.9 Å². The largest absolute Gasteiger partial charge is 0.386 e. The van der Waals surface area contributed by atoms with E-state index in [-0.39, 0.29) is 5.41 Å². The van der Waals surface area contributed by atoms with Gasteiger partial charge < -0.3 is 15.4 Å². The van der Waals surface area contributed by atoms with Crippen molar-refractivity contribution in [1.29, 1.82) is 0 Å². The Bertz CT molecular complexity index is 376. The number of aryl methyl sites for hydroxylation is 1. The highest BCUT2D eigenvalue weighted by Crippen LogP contribution is 2.49. The highest BCUT2D eigenvalue weighted by atomic mass is 16.3. The molecule has 0 aromatic carbocycles. The molecule has 1 aliphatic rings. The van der Waals surface area contributed by atoms with Crippen molar-refractivity contribution in [3.63, 3.8) is 0 Å². The van der Waals surface area contributed by atoms with Gasteiger partial charge in [0, 0.05) is 18.5 Å². The molecule has 1 heterocycles. The number of aromatic nitrogens is 2. The van der Waals surface area contributed by atoms with Gasteiger partial charge in [-0.05, 0) is 25.7 Å². The minimum absolute atomic E-state index is 0.146. The van der Waals surface area contributed by atoms with Crippen LogP contribution in [0.3, 0.4) is 0 Å². The van der Waals surface area contributed by atoms with Gasteiger partial charge in [0.15, 0.2) is 0 Å². The van der Waals surface area contributed by atoms with Crippen molar-refractivity contribution >= 4 is 0 Å². The normalized spacial score (nSPS) is 30.7. The van der Waals surface area contributed by atoms with E-state index in [2.05, 4.69) is 18.8 Å². The molecule has 0 radical (unpaired) electrons. The minimum Gasteiger partial charge on any atom is -0.386 e. The smallest absolute Gasteiger partial charge is 0.102 e. The molecule has 0 amide bonds. The predicted octanol–water partition coefficient (Wildman–Crippen LogP) is 1.70. The molecule has 0 aliphatic heterocycles. The summed E-state index contributed by atoms with van der Waals surface area (Å²) in [5.41, 5.74) is 6.70. The maximum Gasteiger partial charge on any atom is 0.102 e. The molecule has 1 saturated carbocycles. The monoisotopic (exact) mass is 237 g/mol. The molecule has 17 heavy (non-hydrogen) atoms. The third-order valence-corrected chi connectivity index (χ3v) is 4.24. The third-order valence-electron chi connectivity index (χ3n) is 4.24. The van der Waals surface area contributed by atoms with Gasteiger partial charge in [0.1, 0.15) is 6.10 Å². The fourth-order valence-electron chi connectivity index (χ4n) is 3.11. The van der Waals surface area contributed by atoms with Crippen molar-refractivity contribution < 1.29 is 5.11 Å². The van der Waals surface area contributed by atoms with E-state index in [4.69, 9.17) is 5.73 Å². The van der Waals surface area contributed by atoms with Crippen LogP contribution in [0.25, 0.3) is 0 Å². The number of rotatable bonds is 4.